The minimum absolute atomic E-state index is 0.175. The molecule has 4 N–H and O–H groups in total. The van der Waals surface area contributed by atoms with Crippen LogP contribution in [0.2, 0.25) is 0 Å². The first-order chi connectivity index (χ1) is 10.9. The minimum atomic E-state index is -3.41. The van der Waals surface area contributed by atoms with Crippen LogP contribution in [-0.4, -0.2) is 36.5 Å². The SMILES string of the molecule is CN1C(C(=O)Nc2ccccn2)=C(O)c2ccccc2S1(O)O. The van der Waals surface area contributed by atoms with E-state index < -0.39 is 16.7 Å². The lowest BCUT2D eigenvalue weighted by atomic mass is 10.1. The number of nitrogens with one attached hydrogen (secondary N) is 1. The fourth-order valence-corrected chi connectivity index (χ4v) is 3.76. The molecule has 1 aliphatic heterocycles. The molecule has 0 bridgehead atoms. The van der Waals surface area contributed by atoms with Crippen LogP contribution in [0.4, 0.5) is 5.82 Å². The van der Waals surface area contributed by atoms with E-state index in [9.17, 15) is 19.0 Å². The number of nitrogens with zero attached hydrogens (tertiary/aromatic N) is 2. The number of carbonyl (C=O) groups excluding carboxylic acids is 1. The molecule has 120 valence electrons. The van der Waals surface area contributed by atoms with E-state index in [1.54, 1.807) is 30.3 Å². The van der Waals surface area contributed by atoms with Gasteiger partial charge in [0.05, 0.1) is 4.90 Å². The maximum Gasteiger partial charge on any atom is 0.278 e. The fourth-order valence-electron chi connectivity index (χ4n) is 2.32. The predicted octanol–water partition coefficient (Wildman–Crippen LogP) is 2.92. The van der Waals surface area contributed by atoms with Crippen LogP contribution in [0.1, 0.15) is 5.56 Å². The molecule has 2 aromatic rings. The lowest BCUT2D eigenvalue weighted by Gasteiger charge is -2.46. The third-order valence-electron chi connectivity index (χ3n) is 3.48. The summed E-state index contributed by atoms with van der Waals surface area (Å²) >= 11 is 0. The fraction of sp³-hybridized carbons (Fsp3) is 0.0667. The van der Waals surface area contributed by atoms with Crippen LogP contribution in [0.3, 0.4) is 0 Å². The Hall–Kier alpha value is -2.55. The molecule has 0 radical (unpaired) electrons. The Kier molecular flexibility index (Phi) is 3.72. The van der Waals surface area contributed by atoms with Gasteiger partial charge in [0.2, 0.25) is 0 Å². The van der Waals surface area contributed by atoms with Gasteiger partial charge in [-0.05, 0) is 24.3 Å². The molecule has 8 heteroatoms. The number of hydrogen-bond donors (Lipinski definition) is 4. The number of aliphatic hydroxyl groups is 1. The summed E-state index contributed by atoms with van der Waals surface area (Å²) in [4.78, 5) is 16.6. The molecule has 2 heterocycles. The molecule has 1 aliphatic rings. The zero-order valence-electron chi connectivity index (χ0n) is 12.2. The summed E-state index contributed by atoms with van der Waals surface area (Å²) in [5.74, 6) is -0.706. The maximum atomic E-state index is 12.5. The second kappa shape index (κ2) is 5.58. The van der Waals surface area contributed by atoms with Crippen LogP contribution in [0.25, 0.3) is 5.76 Å². The number of benzene rings is 1. The molecule has 23 heavy (non-hydrogen) atoms. The summed E-state index contributed by atoms with van der Waals surface area (Å²) in [5, 5.41) is 12.9. The highest BCUT2D eigenvalue weighted by Crippen LogP contribution is 2.58. The zero-order valence-corrected chi connectivity index (χ0v) is 13.0. The van der Waals surface area contributed by atoms with Gasteiger partial charge in [0, 0.05) is 18.8 Å². The molecule has 0 aliphatic carbocycles. The van der Waals surface area contributed by atoms with Crippen LogP contribution in [0.5, 0.6) is 0 Å². The van der Waals surface area contributed by atoms with E-state index in [1.165, 1.54) is 25.4 Å². The number of pyridine rings is 1. The Morgan fingerprint density at radius 3 is 2.57 bits per heavy atom. The molecule has 0 saturated heterocycles. The van der Waals surface area contributed by atoms with Crippen molar-refractivity contribution in [3.8, 4) is 0 Å². The van der Waals surface area contributed by atoms with Crippen molar-refractivity contribution in [3.05, 3.63) is 59.9 Å². The molecule has 3 rings (SSSR count). The van der Waals surface area contributed by atoms with Gasteiger partial charge < -0.3 is 10.4 Å². The number of rotatable bonds is 2. The van der Waals surface area contributed by atoms with E-state index in [0.29, 0.717) is 5.82 Å². The van der Waals surface area contributed by atoms with E-state index in [2.05, 4.69) is 10.3 Å². The zero-order chi connectivity index (χ0) is 16.6. The molecule has 0 saturated carbocycles. The first-order valence-electron chi connectivity index (χ1n) is 6.70. The second-order valence-corrected chi connectivity index (χ2v) is 6.90. The largest absolute Gasteiger partial charge is 0.505 e. The van der Waals surface area contributed by atoms with Gasteiger partial charge in [0.15, 0.2) is 11.5 Å². The van der Waals surface area contributed by atoms with Gasteiger partial charge in [-0.25, -0.2) is 4.98 Å². The highest BCUT2D eigenvalue weighted by Gasteiger charge is 2.38. The lowest BCUT2D eigenvalue weighted by Crippen LogP contribution is -2.34. The van der Waals surface area contributed by atoms with E-state index in [0.717, 1.165) is 4.31 Å². The van der Waals surface area contributed by atoms with Gasteiger partial charge in [0.25, 0.3) is 5.91 Å². The quantitative estimate of drug-likeness (QED) is 0.673. The molecular formula is C15H15N3O4S. The van der Waals surface area contributed by atoms with Crippen molar-refractivity contribution in [2.45, 2.75) is 4.90 Å². The number of aliphatic hydroxyl groups excluding tert-OH is 1. The molecule has 0 fully saturated rings. The van der Waals surface area contributed by atoms with Crippen molar-refractivity contribution in [1.82, 2.24) is 9.29 Å². The molecule has 1 amide bonds. The molecule has 0 unspecified atom stereocenters. The van der Waals surface area contributed by atoms with Gasteiger partial charge in [-0.1, -0.05) is 29.0 Å². The average Bonchev–Trinajstić information content (AvgIpc) is 2.54. The monoisotopic (exact) mass is 333 g/mol. The number of aromatic nitrogens is 1. The van der Waals surface area contributed by atoms with Crippen LogP contribution in [-0.2, 0) is 4.79 Å². The Balaban J connectivity index is 2.06. The summed E-state index contributed by atoms with van der Waals surface area (Å²) < 4.78 is 21.8. The molecule has 7 nitrogen and oxygen atoms in total. The lowest BCUT2D eigenvalue weighted by molar-refractivity contribution is -0.113. The van der Waals surface area contributed by atoms with Gasteiger partial charge >= 0.3 is 0 Å². The average molecular weight is 333 g/mol. The molecular weight excluding hydrogens is 318 g/mol. The smallest absolute Gasteiger partial charge is 0.278 e. The predicted molar refractivity (Wildman–Crippen MR) is 87.7 cm³/mol. The van der Waals surface area contributed by atoms with E-state index in [1.807, 2.05) is 0 Å². The first kappa shape index (κ1) is 15.3. The Morgan fingerprint density at radius 2 is 1.87 bits per heavy atom. The Morgan fingerprint density at radius 1 is 1.17 bits per heavy atom. The highest BCUT2D eigenvalue weighted by atomic mass is 32.3. The first-order valence-corrected chi connectivity index (χ1v) is 8.20. The highest BCUT2D eigenvalue weighted by molar-refractivity contribution is 8.22. The van der Waals surface area contributed by atoms with Gasteiger partial charge in [-0.15, -0.1) is 0 Å². The van der Waals surface area contributed by atoms with Crippen LogP contribution < -0.4 is 5.32 Å². The normalized spacial score (nSPS) is 17.4. The van der Waals surface area contributed by atoms with Gasteiger partial charge in [-0.3, -0.25) is 18.2 Å². The standard InChI is InChI=1S/C15H15N3O4S/c1-18-13(15(20)17-12-8-4-5-9-16-12)14(19)10-6-2-3-7-11(10)23(18,21)22/h2-9,19,21-22H,1H3,(H,16,17,20). The summed E-state index contributed by atoms with van der Waals surface area (Å²) in [6.07, 6.45) is 1.51. The summed E-state index contributed by atoms with van der Waals surface area (Å²) in [7, 11) is -2.06. The third kappa shape index (κ3) is 2.52. The Labute approximate surface area is 134 Å². The van der Waals surface area contributed by atoms with Crippen molar-refractivity contribution >= 4 is 28.3 Å². The van der Waals surface area contributed by atoms with Crippen molar-refractivity contribution in [2.75, 3.05) is 12.4 Å². The molecule has 0 spiro atoms. The van der Waals surface area contributed by atoms with Crippen molar-refractivity contribution < 1.29 is 19.0 Å². The summed E-state index contributed by atoms with van der Waals surface area (Å²) in [5.41, 5.74) is -0.00822. The summed E-state index contributed by atoms with van der Waals surface area (Å²) in [6, 6.07) is 11.3. The van der Waals surface area contributed by atoms with Crippen molar-refractivity contribution in [2.24, 2.45) is 0 Å². The number of anilines is 1. The van der Waals surface area contributed by atoms with E-state index in [4.69, 9.17) is 0 Å². The number of carbonyl (C=O) groups is 1. The maximum absolute atomic E-state index is 12.5. The number of amides is 1. The molecule has 1 aromatic carbocycles. The summed E-state index contributed by atoms with van der Waals surface area (Å²) in [6.45, 7) is 0. The molecule has 0 atom stereocenters. The second-order valence-electron chi connectivity index (χ2n) is 4.88. The van der Waals surface area contributed by atoms with E-state index in [-0.39, 0.29) is 21.9 Å². The topological polar surface area (TPSA) is 106 Å². The van der Waals surface area contributed by atoms with Crippen LogP contribution in [0.15, 0.2) is 59.3 Å². The van der Waals surface area contributed by atoms with Gasteiger partial charge in [-0.2, -0.15) is 0 Å². The van der Waals surface area contributed by atoms with Crippen molar-refractivity contribution in [3.63, 3.8) is 0 Å². The van der Waals surface area contributed by atoms with Gasteiger partial charge in [0.1, 0.15) is 5.82 Å². The minimum Gasteiger partial charge on any atom is -0.505 e. The van der Waals surface area contributed by atoms with E-state index >= 15 is 0 Å². The van der Waals surface area contributed by atoms with Crippen LogP contribution in [0, 0.1) is 0 Å². The molecule has 1 aromatic heterocycles. The van der Waals surface area contributed by atoms with Crippen molar-refractivity contribution in [1.29, 1.82) is 0 Å². The van der Waals surface area contributed by atoms with Crippen LogP contribution >= 0.6 is 10.8 Å². The number of likely N-dealkylation sites (N-methyl/N-ethyl adjacent to an activating group) is 1. The number of fused-ring (bicyclic) bond motifs is 1. The third-order valence-corrected chi connectivity index (χ3v) is 5.37. The number of hydrogen-bond acceptors (Lipinski definition) is 6. The Bertz CT molecular complexity index is 792.